The zero-order valence-corrected chi connectivity index (χ0v) is 13.1. The van der Waals surface area contributed by atoms with E-state index in [0.717, 1.165) is 17.9 Å². The lowest BCUT2D eigenvalue weighted by atomic mass is 10.1. The number of hydrogen-bond donors (Lipinski definition) is 0. The predicted molar refractivity (Wildman–Crippen MR) is 85.7 cm³/mol. The third kappa shape index (κ3) is 4.66. The second kappa shape index (κ2) is 7.34. The van der Waals surface area contributed by atoms with Gasteiger partial charge >= 0.3 is 0 Å². The minimum Gasteiger partial charge on any atom is -0.293 e. The van der Waals surface area contributed by atoms with Crippen LogP contribution in [0.4, 0.5) is 0 Å². The molecule has 0 saturated heterocycles. The van der Waals surface area contributed by atoms with Gasteiger partial charge in [-0.05, 0) is 37.7 Å². The Morgan fingerprint density at radius 3 is 2.67 bits per heavy atom. The molecule has 0 N–H and O–H groups in total. The first-order valence-electron chi connectivity index (χ1n) is 7.02. The third-order valence-electron chi connectivity index (χ3n) is 3.29. The summed E-state index contributed by atoms with van der Waals surface area (Å²) in [6.07, 6.45) is 0. The summed E-state index contributed by atoms with van der Waals surface area (Å²) < 4.78 is 0. The van der Waals surface area contributed by atoms with Gasteiger partial charge in [-0.2, -0.15) is 0 Å². The average molecular weight is 303 g/mol. The smallest absolute Gasteiger partial charge is 0.176 e. The number of hydrogen-bond acceptors (Lipinski definition) is 3. The fourth-order valence-corrected chi connectivity index (χ4v) is 2.34. The molecule has 0 atom stereocenters. The largest absolute Gasteiger partial charge is 0.293 e. The first kappa shape index (κ1) is 15.7. The van der Waals surface area contributed by atoms with E-state index in [1.54, 1.807) is 24.3 Å². The molecule has 0 radical (unpaired) electrons. The summed E-state index contributed by atoms with van der Waals surface area (Å²) in [6, 6.07) is 13.0. The number of carbonyl (C=O) groups excluding carboxylic acids is 1. The van der Waals surface area contributed by atoms with Crippen LogP contribution >= 0.6 is 11.6 Å². The molecule has 0 spiro atoms. The monoisotopic (exact) mass is 302 g/mol. The molecule has 2 aromatic rings. The Balaban J connectivity index is 2.03. The Labute approximate surface area is 130 Å². The zero-order chi connectivity index (χ0) is 15.2. The summed E-state index contributed by atoms with van der Waals surface area (Å²) in [5, 5.41) is 0.587. The van der Waals surface area contributed by atoms with Gasteiger partial charge in [-0.25, -0.2) is 0 Å². The van der Waals surface area contributed by atoms with Crippen LogP contribution in [0, 0.1) is 6.92 Å². The molecule has 0 saturated carbocycles. The summed E-state index contributed by atoms with van der Waals surface area (Å²) in [5.41, 5.74) is 2.62. The van der Waals surface area contributed by atoms with Crippen LogP contribution in [0.5, 0.6) is 0 Å². The van der Waals surface area contributed by atoms with Crippen molar-refractivity contribution in [2.24, 2.45) is 0 Å². The molecule has 1 heterocycles. The molecule has 0 fully saturated rings. The highest BCUT2D eigenvalue weighted by Gasteiger charge is 2.12. The standard InChI is InChI=1S/C17H19ClN2O/c1-3-20(11-16-9-4-6-13(2)19-16)12-17(21)14-7-5-8-15(18)10-14/h4-10H,3,11-12H2,1-2H3. The van der Waals surface area contributed by atoms with E-state index < -0.39 is 0 Å². The summed E-state index contributed by atoms with van der Waals surface area (Å²) in [6.45, 7) is 5.84. The fourth-order valence-electron chi connectivity index (χ4n) is 2.15. The highest BCUT2D eigenvalue weighted by atomic mass is 35.5. The number of aryl methyl sites for hydroxylation is 1. The maximum atomic E-state index is 12.3. The van der Waals surface area contributed by atoms with E-state index in [1.807, 2.05) is 32.0 Å². The molecule has 21 heavy (non-hydrogen) atoms. The molecule has 0 unspecified atom stereocenters. The van der Waals surface area contributed by atoms with Crippen LogP contribution in [0.2, 0.25) is 5.02 Å². The topological polar surface area (TPSA) is 33.2 Å². The van der Waals surface area contributed by atoms with Gasteiger partial charge in [0.1, 0.15) is 0 Å². The van der Waals surface area contributed by atoms with E-state index in [9.17, 15) is 4.79 Å². The summed E-state index contributed by atoms with van der Waals surface area (Å²) in [5.74, 6) is 0.0759. The van der Waals surface area contributed by atoms with E-state index in [2.05, 4.69) is 9.88 Å². The zero-order valence-electron chi connectivity index (χ0n) is 12.3. The van der Waals surface area contributed by atoms with E-state index in [0.29, 0.717) is 23.7 Å². The van der Waals surface area contributed by atoms with E-state index in [4.69, 9.17) is 11.6 Å². The van der Waals surface area contributed by atoms with Crippen LogP contribution in [0.15, 0.2) is 42.5 Å². The number of benzene rings is 1. The molecule has 0 amide bonds. The van der Waals surface area contributed by atoms with E-state index in [-0.39, 0.29) is 5.78 Å². The van der Waals surface area contributed by atoms with Gasteiger partial charge in [0.05, 0.1) is 12.2 Å². The second-order valence-electron chi connectivity index (χ2n) is 5.01. The molecule has 0 aliphatic carbocycles. The van der Waals surface area contributed by atoms with E-state index >= 15 is 0 Å². The highest BCUT2D eigenvalue weighted by Crippen LogP contribution is 2.12. The second-order valence-corrected chi connectivity index (χ2v) is 5.44. The average Bonchev–Trinajstić information content (AvgIpc) is 2.46. The van der Waals surface area contributed by atoms with Gasteiger partial charge in [0, 0.05) is 22.8 Å². The number of Topliss-reactive ketones (excluding diaryl/α,β-unsaturated/α-hetero) is 1. The number of halogens is 1. The molecule has 0 aliphatic rings. The lowest BCUT2D eigenvalue weighted by Gasteiger charge is -2.19. The SMILES string of the molecule is CCN(CC(=O)c1cccc(Cl)c1)Cc1cccc(C)n1. The van der Waals surface area contributed by atoms with Crippen LogP contribution in [0.25, 0.3) is 0 Å². The number of carbonyl (C=O) groups is 1. The molecule has 1 aromatic carbocycles. The summed E-state index contributed by atoms with van der Waals surface area (Å²) in [7, 11) is 0. The van der Waals surface area contributed by atoms with Gasteiger partial charge in [0.25, 0.3) is 0 Å². The minimum absolute atomic E-state index is 0.0759. The number of likely N-dealkylation sites (N-methyl/N-ethyl adjacent to an activating group) is 1. The molecular formula is C17H19ClN2O. The van der Waals surface area contributed by atoms with Crippen molar-refractivity contribution >= 4 is 17.4 Å². The van der Waals surface area contributed by atoms with E-state index in [1.165, 1.54) is 0 Å². The molecule has 0 aliphatic heterocycles. The Morgan fingerprint density at radius 2 is 2.00 bits per heavy atom. The van der Waals surface area contributed by atoms with Crippen LogP contribution in [-0.2, 0) is 6.54 Å². The Hall–Kier alpha value is -1.71. The van der Waals surface area contributed by atoms with Crippen LogP contribution < -0.4 is 0 Å². The minimum atomic E-state index is 0.0759. The van der Waals surface area contributed by atoms with Crippen molar-refractivity contribution in [3.8, 4) is 0 Å². The highest BCUT2D eigenvalue weighted by molar-refractivity contribution is 6.31. The molecule has 0 bridgehead atoms. The van der Waals surface area contributed by atoms with Crippen molar-refractivity contribution in [2.75, 3.05) is 13.1 Å². The van der Waals surface area contributed by atoms with Gasteiger partial charge < -0.3 is 0 Å². The summed E-state index contributed by atoms with van der Waals surface area (Å²) in [4.78, 5) is 18.9. The van der Waals surface area contributed by atoms with Crippen LogP contribution in [-0.4, -0.2) is 28.8 Å². The first-order chi connectivity index (χ1) is 10.1. The predicted octanol–water partition coefficient (Wildman–Crippen LogP) is 3.75. The van der Waals surface area contributed by atoms with Crippen molar-refractivity contribution in [3.63, 3.8) is 0 Å². The van der Waals surface area contributed by atoms with Gasteiger partial charge in [-0.15, -0.1) is 0 Å². The fraction of sp³-hybridized carbons (Fsp3) is 0.294. The lowest BCUT2D eigenvalue weighted by Crippen LogP contribution is -2.29. The molecule has 3 nitrogen and oxygen atoms in total. The lowest BCUT2D eigenvalue weighted by molar-refractivity contribution is 0.0929. The Kier molecular flexibility index (Phi) is 5.48. The van der Waals surface area contributed by atoms with Gasteiger partial charge in [-0.3, -0.25) is 14.7 Å². The number of pyridine rings is 1. The van der Waals surface area contributed by atoms with Crippen molar-refractivity contribution in [2.45, 2.75) is 20.4 Å². The Morgan fingerprint density at radius 1 is 1.24 bits per heavy atom. The maximum Gasteiger partial charge on any atom is 0.176 e. The van der Waals surface area contributed by atoms with Gasteiger partial charge in [0.2, 0.25) is 0 Å². The molecule has 2 rings (SSSR count). The van der Waals surface area contributed by atoms with Crippen molar-refractivity contribution in [1.82, 2.24) is 9.88 Å². The van der Waals surface area contributed by atoms with Crippen molar-refractivity contribution in [1.29, 1.82) is 0 Å². The van der Waals surface area contributed by atoms with Crippen molar-refractivity contribution in [3.05, 3.63) is 64.4 Å². The molecule has 110 valence electrons. The number of ketones is 1. The van der Waals surface area contributed by atoms with Crippen LogP contribution in [0.3, 0.4) is 0 Å². The summed E-state index contributed by atoms with van der Waals surface area (Å²) >= 11 is 5.93. The number of aromatic nitrogens is 1. The normalized spacial score (nSPS) is 10.9. The molecule has 1 aromatic heterocycles. The number of rotatable bonds is 6. The van der Waals surface area contributed by atoms with Crippen molar-refractivity contribution < 1.29 is 4.79 Å². The van der Waals surface area contributed by atoms with Crippen LogP contribution in [0.1, 0.15) is 28.7 Å². The Bertz CT molecular complexity index is 628. The molecule has 4 heteroatoms. The number of nitrogens with zero attached hydrogens (tertiary/aromatic N) is 2. The van der Waals surface area contributed by atoms with Gasteiger partial charge in [0.15, 0.2) is 5.78 Å². The first-order valence-corrected chi connectivity index (χ1v) is 7.40. The molecular weight excluding hydrogens is 284 g/mol. The quantitative estimate of drug-likeness (QED) is 0.762. The maximum absolute atomic E-state index is 12.3. The third-order valence-corrected chi connectivity index (χ3v) is 3.53. The van der Waals surface area contributed by atoms with Gasteiger partial charge in [-0.1, -0.05) is 36.7 Å².